The van der Waals surface area contributed by atoms with Crippen LogP contribution >= 0.6 is 23.4 Å². The minimum Gasteiger partial charge on any atom is -0.456 e. The van der Waals surface area contributed by atoms with Crippen molar-refractivity contribution < 1.29 is 23.9 Å². The van der Waals surface area contributed by atoms with Crippen LogP contribution in [0.2, 0.25) is 5.02 Å². The van der Waals surface area contributed by atoms with Crippen LogP contribution in [0.15, 0.2) is 47.4 Å². The normalized spacial score (nSPS) is 14.8. The molecule has 0 fully saturated rings. The molecule has 1 atom stereocenters. The van der Waals surface area contributed by atoms with Gasteiger partial charge in [-0.25, -0.2) is 0 Å². The number of thioether (sulfide) groups is 1. The van der Waals surface area contributed by atoms with Crippen LogP contribution in [0.4, 0.5) is 11.4 Å². The van der Waals surface area contributed by atoms with Gasteiger partial charge in [0.15, 0.2) is 6.61 Å². The van der Waals surface area contributed by atoms with Crippen LogP contribution in [-0.2, 0) is 19.1 Å². The molecule has 0 saturated heterocycles. The molecule has 3 rings (SSSR count). The number of esters is 1. The number of rotatable bonds is 7. The second-order valence-corrected chi connectivity index (χ2v) is 8.27. The van der Waals surface area contributed by atoms with Gasteiger partial charge in [0.2, 0.25) is 5.91 Å². The van der Waals surface area contributed by atoms with Gasteiger partial charge in [0.1, 0.15) is 0 Å². The lowest BCUT2D eigenvalue weighted by Gasteiger charge is -2.23. The number of carbonyl (C=O) groups is 4. The summed E-state index contributed by atoms with van der Waals surface area (Å²) in [6.07, 6.45) is -0.182. The molecule has 0 saturated carbocycles. The third-order valence-electron chi connectivity index (χ3n) is 4.22. The Hall–Kier alpha value is -3.04. The Balaban J connectivity index is 1.49. The van der Waals surface area contributed by atoms with E-state index in [0.717, 1.165) is 4.90 Å². The number of fused-ring (bicyclic) bond motifs is 1. The van der Waals surface area contributed by atoms with E-state index in [1.165, 1.54) is 17.8 Å². The average molecular weight is 462 g/mol. The van der Waals surface area contributed by atoms with Gasteiger partial charge in [-0.15, -0.1) is 11.8 Å². The molecular formula is C21H20ClN3O5S. The molecule has 0 bridgehead atoms. The second-order valence-electron chi connectivity index (χ2n) is 6.59. The summed E-state index contributed by atoms with van der Waals surface area (Å²) >= 11 is 7.16. The largest absolute Gasteiger partial charge is 0.456 e. The molecule has 2 aromatic rings. The van der Waals surface area contributed by atoms with Crippen LogP contribution in [0.1, 0.15) is 23.7 Å². The van der Waals surface area contributed by atoms with Gasteiger partial charge in [-0.05, 0) is 43.3 Å². The van der Waals surface area contributed by atoms with Crippen molar-refractivity contribution in [2.45, 2.75) is 23.5 Å². The van der Waals surface area contributed by atoms with E-state index < -0.39 is 23.7 Å². The summed E-state index contributed by atoms with van der Waals surface area (Å²) in [5.74, 6) is -1.81. The minimum atomic E-state index is -0.670. The fraction of sp³-hybridized carbons (Fsp3) is 0.238. The number of hydrogen-bond donors (Lipinski definition) is 3. The molecule has 0 radical (unpaired) electrons. The average Bonchev–Trinajstić information content (AvgIpc) is 2.73. The summed E-state index contributed by atoms with van der Waals surface area (Å²) < 4.78 is 5.01. The molecule has 162 valence electrons. The van der Waals surface area contributed by atoms with Crippen molar-refractivity contribution in [3.05, 3.63) is 53.1 Å². The lowest BCUT2D eigenvalue weighted by atomic mass is 10.2. The quantitative estimate of drug-likeness (QED) is 0.546. The highest BCUT2D eigenvalue weighted by Crippen LogP contribution is 2.38. The number of carbonyl (C=O) groups excluding carboxylic acids is 4. The van der Waals surface area contributed by atoms with Crippen molar-refractivity contribution in [3.8, 4) is 0 Å². The zero-order chi connectivity index (χ0) is 22.4. The highest BCUT2D eigenvalue weighted by atomic mass is 35.5. The van der Waals surface area contributed by atoms with Crippen LogP contribution in [0.25, 0.3) is 0 Å². The van der Waals surface area contributed by atoms with Gasteiger partial charge in [-0.2, -0.15) is 0 Å². The van der Waals surface area contributed by atoms with Gasteiger partial charge in [0.25, 0.3) is 11.8 Å². The summed E-state index contributed by atoms with van der Waals surface area (Å²) in [6.45, 7) is 1.79. The van der Waals surface area contributed by atoms with Gasteiger partial charge in [-0.1, -0.05) is 17.7 Å². The maximum atomic E-state index is 12.2. The van der Waals surface area contributed by atoms with E-state index in [1.807, 2.05) is 6.92 Å². The van der Waals surface area contributed by atoms with Crippen molar-refractivity contribution in [2.75, 3.05) is 23.8 Å². The fourth-order valence-electron chi connectivity index (χ4n) is 2.81. The molecule has 10 heteroatoms. The topological polar surface area (TPSA) is 114 Å². The summed E-state index contributed by atoms with van der Waals surface area (Å²) in [5, 5.41) is 7.79. The van der Waals surface area contributed by atoms with Gasteiger partial charge < -0.3 is 20.7 Å². The highest BCUT2D eigenvalue weighted by molar-refractivity contribution is 8.01. The van der Waals surface area contributed by atoms with E-state index in [9.17, 15) is 19.2 Å². The molecule has 31 heavy (non-hydrogen) atoms. The second kappa shape index (κ2) is 10.3. The SMILES string of the molecule is CCNC(=O)c1cccc(NC(=O)COC(=O)CC2Sc3ccc(Cl)cc3NC2=O)c1. The predicted octanol–water partition coefficient (Wildman–Crippen LogP) is 3.07. The maximum absolute atomic E-state index is 12.2. The molecule has 0 aromatic heterocycles. The first-order valence-corrected chi connectivity index (χ1v) is 10.7. The molecule has 2 aromatic carbocycles. The Morgan fingerprint density at radius 1 is 1.19 bits per heavy atom. The molecule has 1 heterocycles. The smallest absolute Gasteiger partial charge is 0.307 e. The molecule has 3 N–H and O–H groups in total. The number of ether oxygens (including phenoxy) is 1. The van der Waals surface area contributed by atoms with Crippen molar-refractivity contribution in [3.63, 3.8) is 0 Å². The Kier molecular flexibility index (Phi) is 7.54. The lowest BCUT2D eigenvalue weighted by molar-refractivity contribution is -0.147. The third kappa shape index (κ3) is 6.22. The molecule has 1 aliphatic heterocycles. The van der Waals surface area contributed by atoms with E-state index in [0.29, 0.717) is 28.5 Å². The molecule has 3 amide bonds. The van der Waals surface area contributed by atoms with E-state index in [4.69, 9.17) is 16.3 Å². The van der Waals surface area contributed by atoms with Crippen LogP contribution in [0.5, 0.6) is 0 Å². The summed E-state index contributed by atoms with van der Waals surface area (Å²) in [6, 6.07) is 11.5. The van der Waals surface area contributed by atoms with Crippen LogP contribution in [0.3, 0.4) is 0 Å². The van der Waals surface area contributed by atoms with E-state index >= 15 is 0 Å². The van der Waals surface area contributed by atoms with E-state index in [1.54, 1.807) is 36.4 Å². The van der Waals surface area contributed by atoms with Crippen molar-refractivity contribution in [1.29, 1.82) is 0 Å². The first-order valence-electron chi connectivity index (χ1n) is 9.46. The number of amides is 3. The van der Waals surface area contributed by atoms with Crippen LogP contribution in [0, 0.1) is 0 Å². The third-order valence-corrected chi connectivity index (χ3v) is 5.73. The number of nitrogens with one attached hydrogen (secondary N) is 3. The summed E-state index contributed by atoms with van der Waals surface area (Å²) in [5.41, 5.74) is 1.40. The van der Waals surface area contributed by atoms with Crippen molar-refractivity contribution in [2.24, 2.45) is 0 Å². The summed E-state index contributed by atoms with van der Waals surface area (Å²) in [7, 11) is 0. The van der Waals surface area contributed by atoms with Crippen molar-refractivity contribution in [1.82, 2.24) is 5.32 Å². The molecular weight excluding hydrogens is 442 g/mol. The molecule has 1 aliphatic rings. The van der Waals surface area contributed by atoms with Crippen LogP contribution in [-0.4, -0.2) is 42.1 Å². The Labute approximate surface area is 188 Å². The molecule has 1 unspecified atom stereocenters. The van der Waals surface area contributed by atoms with Gasteiger partial charge in [-0.3, -0.25) is 19.2 Å². The Morgan fingerprint density at radius 3 is 2.77 bits per heavy atom. The van der Waals surface area contributed by atoms with E-state index in [2.05, 4.69) is 16.0 Å². The van der Waals surface area contributed by atoms with Crippen molar-refractivity contribution >= 4 is 58.4 Å². The predicted molar refractivity (Wildman–Crippen MR) is 118 cm³/mol. The molecule has 0 aliphatic carbocycles. The maximum Gasteiger partial charge on any atom is 0.307 e. The number of anilines is 2. The van der Waals surface area contributed by atoms with Gasteiger partial charge in [0, 0.05) is 27.7 Å². The lowest BCUT2D eigenvalue weighted by Crippen LogP contribution is -2.32. The van der Waals surface area contributed by atoms with Gasteiger partial charge in [0.05, 0.1) is 17.4 Å². The first-order chi connectivity index (χ1) is 14.9. The van der Waals surface area contributed by atoms with Crippen LogP contribution < -0.4 is 16.0 Å². The first kappa shape index (κ1) is 22.6. The monoisotopic (exact) mass is 461 g/mol. The Bertz CT molecular complexity index is 1030. The fourth-order valence-corrected chi connectivity index (χ4v) is 4.06. The zero-order valence-corrected chi connectivity index (χ0v) is 18.1. The molecule has 8 nitrogen and oxygen atoms in total. The van der Waals surface area contributed by atoms with Gasteiger partial charge >= 0.3 is 5.97 Å². The standard InChI is InChI=1S/C21H20ClN3O5S/c1-2-23-20(28)12-4-3-5-14(8-12)24-18(26)11-30-19(27)10-17-21(29)25-15-9-13(22)6-7-16(15)31-17/h3-9,17H,2,10-11H2,1H3,(H,23,28)(H,24,26)(H,25,29). The number of halogens is 1. The zero-order valence-electron chi connectivity index (χ0n) is 16.6. The number of hydrogen-bond acceptors (Lipinski definition) is 6. The molecule has 0 spiro atoms. The van der Waals surface area contributed by atoms with E-state index in [-0.39, 0.29) is 18.2 Å². The number of benzene rings is 2. The highest BCUT2D eigenvalue weighted by Gasteiger charge is 2.29. The summed E-state index contributed by atoms with van der Waals surface area (Å²) in [4.78, 5) is 49.1. The Morgan fingerprint density at radius 2 is 2.00 bits per heavy atom. The minimum absolute atomic E-state index is 0.182.